The second-order valence-corrected chi connectivity index (χ2v) is 4.03. The standard InChI is InChI=1S/C11H14ClN3O/c1-3-15-11(8(12)6-14-15)10(13)9-5-4-7(2)16-9/h4-6,10H,3,13H2,1-2H3. The lowest BCUT2D eigenvalue weighted by atomic mass is 10.1. The van der Waals surface area contributed by atoms with Crippen LogP contribution in [0.15, 0.2) is 22.7 Å². The molecule has 0 aromatic carbocycles. The molecule has 1 atom stereocenters. The monoisotopic (exact) mass is 239 g/mol. The van der Waals surface area contributed by atoms with Crippen molar-refractivity contribution in [2.45, 2.75) is 26.4 Å². The van der Waals surface area contributed by atoms with E-state index in [0.717, 1.165) is 18.0 Å². The van der Waals surface area contributed by atoms with Gasteiger partial charge in [-0.15, -0.1) is 0 Å². The molecule has 0 saturated carbocycles. The van der Waals surface area contributed by atoms with Gasteiger partial charge in [0.2, 0.25) is 0 Å². The lowest BCUT2D eigenvalue weighted by molar-refractivity contribution is 0.453. The Bertz CT molecular complexity index is 489. The maximum absolute atomic E-state index is 6.11. The second-order valence-electron chi connectivity index (χ2n) is 3.62. The Morgan fingerprint density at radius 1 is 1.56 bits per heavy atom. The van der Waals surface area contributed by atoms with Gasteiger partial charge >= 0.3 is 0 Å². The average molecular weight is 240 g/mol. The Morgan fingerprint density at radius 3 is 2.88 bits per heavy atom. The van der Waals surface area contributed by atoms with Crippen molar-refractivity contribution in [1.82, 2.24) is 9.78 Å². The highest BCUT2D eigenvalue weighted by Gasteiger charge is 2.20. The van der Waals surface area contributed by atoms with Crippen LogP contribution in [-0.4, -0.2) is 9.78 Å². The maximum atomic E-state index is 6.11. The Kier molecular flexibility index (Phi) is 3.03. The number of nitrogens with zero attached hydrogens (tertiary/aromatic N) is 2. The van der Waals surface area contributed by atoms with Gasteiger partial charge in [0.15, 0.2) is 0 Å². The molecule has 0 fully saturated rings. The SMILES string of the molecule is CCn1ncc(Cl)c1C(N)c1ccc(C)o1. The summed E-state index contributed by atoms with van der Waals surface area (Å²) in [6, 6.07) is 3.38. The largest absolute Gasteiger partial charge is 0.464 e. The van der Waals surface area contributed by atoms with Gasteiger partial charge in [-0.25, -0.2) is 0 Å². The molecule has 2 rings (SSSR count). The first-order valence-electron chi connectivity index (χ1n) is 5.16. The van der Waals surface area contributed by atoms with Gasteiger partial charge < -0.3 is 10.2 Å². The van der Waals surface area contributed by atoms with E-state index in [-0.39, 0.29) is 6.04 Å². The lowest BCUT2D eigenvalue weighted by Crippen LogP contribution is -2.17. The zero-order valence-corrected chi connectivity index (χ0v) is 10.0. The Morgan fingerprint density at radius 2 is 2.31 bits per heavy atom. The van der Waals surface area contributed by atoms with Gasteiger partial charge in [-0.3, -0.25) is 4.68 Å². The molecule has 4 nitrogen and oxygen atoms in total. The highest BCUT2D eigenvalue weighted by atomic mass is 35.5. The van der Waals surface area contributed by atoms with E-state index in [0.29, 0.717) is 10.8 Å². The van der Waals surface area contributed by atoms with Gasteiger partial charge in [0.1, 0.15) is 17.6 Å². The van der Waals surface area contributed by atoms with Crippen molar-refractivity contribution in [3.8, 4) is 0 Å². The summed E-state index contributed by atoms with van der Waals surface area (Å²) in [6.07, 6.45) is 1.61. The summed E-state index contributed by atoms with van der Waals surface area (Å²) < 4.78 is 7.28. The molecular weight excluding hydrogens is 226 g/mol. The molecule has 0 radical (unpaired) electrons. The molecule has 0 amide bonds. The molecule has 0 saturated heterocycles. The van der Waals surface area contributed by atoms with E-state index in [2.05, 4.69) is 5.10 Å². The normalized spacial score (nSPS) is 13.0. The Labute approximate surface area is 99.0 Å². The summed E-state index contributed by atoms with van der Waals surface area (Å²) in [4.78, 5) is 0. The summed E-state index contributed by atoms with van der Waals surface area (Å²) in [7, 11) is 0. The first kappa shape index (κ1) is 11.2. The minimum absolute atomic E-state index is 0.372. The number of aromatic nitrogens is 2. The van der Waals surface area contributed by atoms with Crippen molar-refractivity contribution in [1.29, 1.82) is 0 Å². The van der Waals surface area contributed by atoms with E-state index in [1.165, 1.54) is 0 Å². The second kappa shape index (κ2) is 4.31. The van der Waals surface area contributed by atoms with E-state index in [9.17, 15) is 0 Å². The summed E-state index contributed by atoms with van der Waals surface area (Å²) in [5, 5.41) is 4.72. The topological polar surface area (TPSA) is 57.0 Å². The van der Waals surface area contributed by atoms with Crippen LogP contribution in [-0.2, 0) is 6.54 Å². The molecule has 2 aromatic heterocycles. The third kappa shape index (κ3) is 1.86. The molecule has 0 aliphatic rings. The Balaban J connectivity index is 2.40. The van der Waals surface area contributed by atoms with Gasteiger partial charge in [0.05, 0.1) is 16.9 Å². The van der Waals surface area contributed by atoms with Crippen LogP contribution in [0, 0.1) is 6.92 Å². The number of aryl methyl sites for hydroxylation is 2. The van der Waals surface area contributed by atoms with Crippen LogP contribution >= 0.6 is 11.6 Å². The van der Waals surface area contributed by atoms with Crippen LogP contribution in [0.25, 0.3) is 0 Å². The summed E-state index contributed by atoms with van der Waals surface area (Å²) >= 11 is 6.07. The fourth-order valence-corrected chi connectivity index (χ4v) is 1.95. The fourth-order valence-electron chi connectivity index (χ4n) is 1.69. The molecule has 0 bridgehead atoms. The summed E-state index contributed by atoms with van der Waals surface area (Å²) in [6.45, 7) is 4.61. The van der Waals surface area contributed by atoms with E-state index in [1.807, 2.05) is 26.0 Å². The molecule has 5 heteroatoms. The zero-order valence-electron chi connectivity index (χ0n) is 9.27. The molecule has 2 heterocycles. The molecular formula is C11H14ClN3O. The van der Waals surface area contributed by atoms with Crippen molar-refractivity contribution < 1.29 is 4.42 Å². The van der Waals surface area contributed by atoms with Crippen molar-refractivity contribution in [3.63, 3.8) is 0 Å². The fraction of sp³-hybridized carbons (Fsp3) is 0.364. The first-order valence-corrected chi connectivity index (χ1v) is 5.54. The predicted molar refractivity (Wildman–Crippen MR) is 62.4 cm³/mol. The highest BCUT2D eigenvalue weighted by Crippen LogP contribution is 2.27. The van der Waals surface area contributed by atoms with Gasteiger partial charge in [-0.2, -0.15) is 5.10 Å². The van der Waals surface area contributed by atoms with Crippen molar-refractivity contribution in [3.05, 3.63) is 40.6 Å². The van der Waals surface area contributed by atoms with E-state index < -0.39 is 0 Å². The van der Waals surface area contributed by atoms with Gasteiger partial charge in [0, 0.05) is 6.54 Å². The van der Waals surface area contributed by atoms with E-state index in [1.54, 1.807) is 10.9 Å². The predicted octanol–water partition coefficient (Wildman–Crippen LogP) is 2.51. The molecule has 86 valence electrons. The van der Waals surface area contributed by atoms with Crippen LogP contribution in [0.2, 0.25) is 5.02 Å². The highest BCUT2D eigenvalue weighted by molar-refractivity contribution is 6.31. The molecule has 1 unspecified atom stereocenters. The number of nitrogens with two attached hydrogens (primary N) is 1. The van der Waals surface area contributed by atoms with Crippen molar-refractivity contribution in [2.75, 3.05) is 0 Å². The van der Waals surface area contributed by atoms with E-state index >= 15 is 0 Å². The number of hydrogen-bond donors (Lipinski definition) is 1. The van der Waals surface area contributed by atoms with Crippen LogP contribution in [0.4, 0.5) is 0 Å². The number of rotatable bonds is 3. The van der Waals surface area contributed by atoms with Gasteiger partial charge in [-0.05, 0) is 26.0 Å². The zero-order chi connectivity index (χ0) is 11.7. The maximum Gasteiger partial charge on any atom is 0.127 e. The van der Waals surface area contributed by atoms with Crippen LogP contribution in [0.1, 0.15) is 30.2 Å². The average Bonchev–Trinajstić information content (AvgIpc) is 2.83. The summed E-state index contributed by atoms with van der Waals surface area (Å²) in [5.74, 6) is 1.54. The third-order valence-corrected chi connectivity index (χ3v) is 2.79. The number of halogens is 1. The van der Waals surface area contributed by atoms with E-state index in [4.69, 9.17) is 21.8 Å². The number of hydrogen-bond acceptors (Lipinski definition) is 3. The molecule has 0 aliphatic carbocycles. The van der Waals surface area contributed by atoms with Crippen molar-refractivity contribution >= 4 is 11.6 Å². The molecule has 16 heavy (non-hydrogen) atoms. The summed E-state index contributed by atoms with van der Waals surface area (Å²) in [5.41, 5.74) is 6.90. The van der Waals surface area contributed by atoms with Crippen molar-refractivity contribution in [2.24, 2.45) is 5.73 Å². The minimum Gasteiger partial charge on any atom is -0.464 e. The Hall–Kier alpha value is -1.26. The molecule has 0 aliphatic heterocycles. The quantitative estimate of drug-likeness (QED) is 0.895. The molecule has 0 spiro atoms. The number of furan rings is 1. The minimum atomic E-state index is -0.372. The molecule has 2 N–H and O–H groups in total. The first-order chi connectivity index (χ1) is 7.63. The molecule has 2 aromatic rings. The third-order valence-electron chi connectivity index (χ3n) is 2.50. The smallest absolute Gasteiger partial charge is 0.127 e. The van der Waals surface area contributed by atoms with Crippen LogP contribution in [0.3, 0.4) is 0 Å². The van der Waals surface area contributed by atoms with Crippen LogP contribution < -0.4 is 5.73 Å². The van der Waals surface area contributed by atoms with Crippen LogP contribution in [0.5, 0.6) is 0 Å². The lowest BCUT2D eigenvalue weighted by Gasteiger charge is -2.11. The van der Waals surface area contributed by atoms with Gasteiger partial charge in [0.25, 0.3) is 0 Å². The van der Waals surface area contributed by atoms with Gasteiger partial charge in [-0.1, -0.05) is 11.6 Å².